The van der Waals surface area contributed by atoms with Crippen LogP contribution in [0, 0.1) is 0 Å². The van der Waals surface area contributed by atoms with Gasteiger partial charge in [0, 0.05) is 56.1 Å². The molecular weight excluding hydrogens is 1180 g/mol. The summed E-state index contributed by atoms with van der Waals surface area (Å²) in [5.41, 5.74) is -4.76. The molecule has 3 heterocycles. The van der Waals surface area contributed by atoms with Gasteiger partial charge in [-0.1, -0.05) is 320 Å². The summed E-state index contributed by atoms with van der Waals surface area (Å²) in [7, 11) is 0. The van der Waals surface area contributed by atoms with E-state index >= 15 is 0 Å². The van der Waals surface area contributed by atoms with Gasteiger partial charge in [0.25, 0.3) is 0 Å². The monoisotopic (exact) mass is 1290 g/mol. The average Bonchev–Trinajstić information content (AvgIpc) is 0.762. The predicted octanol–water partition coefficient (Wildman–Crippen LogP) is 25.5. The van der Waals surface area contributed by atoms with Gasteiger partial charge in [0.2, 0.25) is 0 Å². The van der Waals surface area contributed by atoms with Crippen LogP contribution in [-0.4, -0.2) is 4.57 Å². The lowest BCUT2D eigenvalue weighted by molar-refractivity contribution is 0.569. The summed E-state index contributed by atoms with van der Waals surface area (Å²) in [6.07, 6.45) is 0.323. The summed E-state index contributed by atoms with van der Waals surface area (Å²) in [4.78, 5) is 2.77. The lowest BCUT2D eigenvalue weighted by Crippen LogP contribution is -2.31. The van der Waals surface area contributed by atoms with Crippen LogP contribution >= 0.6 is 0 Å². The zero-order chi connectivity index (χ0) is 95.6. The number of fused-ring (bicyclic) bond motifs is 9. The third kappa shape index (κ3) is 9.69. The van der Waals surface area contributed by atoms with Gasteiger partial charge in [0.05, 0.1) is 91.8 Å². The molecule has 0 radical (unpaired) electrons. The van der Waals surface area contributed by atoms with Gasteiger partial charge in [-0.25, -0.2) is 0 Å². The van der Waals surface area contributed by atoms with Crippen molar-refractivity contribution < 1.29 is 46.6 Å². The maximum absolute atomic E-state index is 10.6. The molecule has 3 heteroatoms. The Balaban J connectivity index is 1.17. The van der Waals surface area contributed by atoms with Crippen LogP contribution in [0.4, 0.5) is 34.1 Å². The highest BCUT2D eigenvalue weighted by Crippen LogP contribution is 2.65. The minimum atomic E-state index is -1.46. The Morgan fingerprint density at radius 1 is 0.327 bits per heavy atom. The molecule has 1 atom stereocenters. The lowest BCUT2D eigenvalue weighted by atomic mass is 9.71. The van der Waals surface area contributed by atoms with Crippen LogP contribution in [-0.2, 0) is 17.3 Å². The SMILES string of the molecule is [2H]c1c([2H])c([2H])c(-c2c([2H])c([2H])c([2H])c(-c3c([2H])c([2H])c([2H])c([2H])c3[2H])c2N2c3cc(-c4cc(C(C)(C)C)cc(C(C)(C)C)c4)ccc3C3c4ccc(-n5c6c([2H])c([2H])c([2H])c([2H])c6c6c([2H])c([2H])c([2H])c([2H])c65)cc4N(c4c(-c5c([2H])c([2H])c([2H])c([2H])c5[2H])c([2H])c([2H])c([2H])c4-c4c([2H])c([2H])c([2H])c([2H])c4[2H])c4cc(C5c6ccccc6Cc6ccccc65)cc2c43)c([2H])c1[2H]. The van der Waals surface area contributed by atoms with Crippen LogP contribution in [0.1, 0.15) is 156 Å². The van der Waals surface area contributed by atoms with E-state index in [0.29, 0.717) is 28.7 Å². The Bertz CT molecular complexity index is 7330. The van der Waals surface area contributed by atoms with Crippen molar-refractivity contribution in [1.29, 1.82) is 0 Å². The van der Waals surface area contributed by atoms with E-state index in [4.69, 9.17) is 8.22 Å². The largest absolute Gasteiger partial charge is 0.309 e. The van der Waals surface area contributed by atoms with Crippen LogP contribution in [0.2, 0.25) is 0 Å². The van der Waals surface area contributed by atoms with E-state index in [0.717, 1.165) is 22.3 Å². The number of benzene rings is 14. The Morgan fingerprint density at radius 3 is 1.18 bits per heavy atom. The maximum atomic E-state index is 10.6. The molecule has 15 aromatic rings. The molecule has 1 aromatic heterocycles. The molecule has 14 aromatic carbocycles. The van der Waals surface area contributed by atoms with E-state index in [2.05, 4.69) is 6.07 Å². The third-order valence-electron chi connectivity index (χ3n) is 19.0. The Labute approximate surface area is 623 Å². The van der Waals surface area contributed by atoms with Gasteiger partial charge in [0.15, 0.2) is 0 Å². The first-order valence-electron chi connectivity index (χ1n) is 49.0. The molecule has 0 N–H and O–H groups in total. The number of aromatic nitrogens is 1. The Hall–Kier alpha value is -11.5. The molecule has 0 bridgehead atoms. The molecule has 0 spiro atoms. The molecule has 0 saturated carbocycles. The van der Waals surface area contributed by atoms with Gasteiger partial charge in [-0.05, 0) is 143 Å². The lowest BCUT2D eigenvalue weighted by Gasteiger charge is -2.47. The fraction of sp³-hybridized carbons (Fsp3) is 0.116. The van der Waals surface area contributed by atoms with E-state index < -0.39 is 295 Å². The molecule has 1 aliphatic carbocycles. The Kier molecular flexibility index (Phi) is 7.88. The summed E-state index contributed by atoms with van der Waals surface area (Å²) in [6, 6.07) is 1.54. The molecule has 0 fully saturated rings. The third-order valence-corrected chi connectivity index (χ3v) is 19.0. The van der Waals surface area contributed by atoms with Gasteiger partial charge >= 0.3 is 0 Å². The summed E-state index contributed by atoms with van der Waals surface area (Å²) >= 11 is 0. The molecule has 18 rings (SSSR count). The molecule has 0 amide bonds. The van der Waals surface area contributed by atoms with E-state index in [9.17, 15) is 38.4 Å². The first-order valence-corrected chi connectivity index (χ1v) is 32.0. The minimum absolute atomic E-state index is 0.00673. The van der Waals surface area contributed by atoms with Crippen molar-refractivity contribution in [1.82, 2.24) is 4.57 Å². The summed E-state index contributed by atoms with van der Waals surface area (Å²) < 4.78 is 332. The van der Waals surface area contributed by atoms with Gasteiger partial charge < -0.3 is 14.4 Å². The zero-order valence-electron chi connectivity index (χ0n) is 87.7. The van der Waals surface area contributed by atoms with Crippen molar-refractivity contribution in [2.75, 3.05) is 9.80 Å². The van der Waals surface area contributed by atoms with Crippen molar-refractivity contribution in [2.45, 2.75) is 70.6 Å². The molecular formula is C95H75N3. The van der Waals surface area contributed by atoms with E-state index in [1.165, 1.54) is 32.6 Å². The summed E-state index contributed by atoms with van der Waals surface area (Å²) in [5, 5.41) is -0.756. The smallest absolute Gasteiger partial charge is 0.0645 e. The zero-order valence-corrected chi connectivity index (χ0v) is 53.7. The second-order valence-electron chi connectivity index (χ2n) is 26.6. The minimum Gasteiger partial charge on any atom is -0.309 e. The van der Waals surface area contributed by atoms with Crippen molar-refractivity contribution in [3.63, 3.8) is 0 Å². The number of hydrogen-bond acceptors (Lipinski definition) is 2. The summed E-state index contributed by atoms with van der Waals surface area (Å²) in [5.74, 6) is -2.51. The normalized spacial score (nSPS) is 18.9. The second-order valence-corrected chi connectivity index (χ2v) is 26.6. The van der Waals surface area contributed by atoms with Crippen LogP contribution in [0.3, 0.4) is 0 Å². The highest BCUT2D eigenvalue weighted by atomic mass is 15.2. The van der Waals surface area contributed by atoms with Crippen LogP contribution in [0.25, 0.3) is 83.1 Å². The number of rotatable bonds is 9. The highest BCUT2D eigenvalue weighted by Gasteiger charge is 2.45. The Morgan fingerprint density at radius 2 is 0.735 bits per heavy atom. The number of para-hydroxylation sites is 4. The molecule has 2 aliphatic heterocycles. The number of anilines is 6. The maximum Gasteiger partial charge on any atom is 0.0645 e. The van der Waals surface area contributed by atoms with Crippen molar-refractivity contribution in [2.24, 2.45) is 0 Å². The molecule has 1 unspecified atom stereocenters. The fourth-order valence-electron chi connectivity index (χ4n) is 14.5. The molecule has 3 aliphatic rings. The predicted molar refractivity (Wildman–Crippen MR) is 412 cm³/mol. The molecule has 3 nitrogen and oxygen atoms in total. The highest BCUT2D eigenvalue weighted by molar-refractivity contribution is 6.11. The van der Waals surface area contributed by atoms with Gasteiger partial charge in [-0.2, -0.15) is 0 Å². The van der Waals surface area contributed by atoms with Crippen molar-refractivity contribution >= 4 is 55.9 Å². The topological polar surface area (TPSA) is 11.4 Å². The number of nitrogens with zero attached hydrogens (tertiary/aromatic N) is 3. The first kappa shape index (κ1) is 33.4. The fourth-order valence-corrected chi connectivity index (χ4v) is 14.5. The van der Waals surface area contributed by atoms with E-state index in [1.807, 2.05) is 90.1 Å². The quantitative estimate of drug-likeness (QED) is 0.143. The van der Waals surface area contributed by atoms with Gasteiger partial charge in [-0.3, -0.25) is 0 Å². The second kappa shape index (κ2) is 23.1. The van der Waals surface area contributed by atoms with E-state index in [1.54, 1.807) is 42.5 Å². The van der Waals surface area contributed by atoms with Crippen LogP contribution < -0.4 is 9.80 Å². The standard InChI is InChI=1S/C95H75N3/c1-94(2,3)70-54-68(55-71(59-70)95(4,5)6)65-49-51-81-85(56-65)97(92-75(61-29-11-7-12-30-61)43-27-44-76(92)62-31-13-8-14-32-62)87-57-69(89-73-39-21-19-37-66(73)53-67-38-20-22-40-74(67)89)58-88-91(87)90(81)82-52-50-72(96-83-47-25-23-41-79(83)80-42-24-26-48-84(80)96)60-86(82)98(88)93-77(63-33-15-9-16-34-63)45-28-46-78(93)64-35-17-10-18-36-64/h7-52,54-60,89-90H,53H2,1-6H3/i7D,8D,9D,10D,11D,12D,13D,14D,15D,16D,17D,18D,23D,24D,25D,26D,27D,28D,29D,30D,31D,32D,33D,34D,35D,36D,41D,42D,43D,44D,45D,46D,47D,48D. The van der Waals surface area contributed by atoms with Gasteiger partial charge in [-0.15, -0.1) is 0 Å². The molecule has 0 saturated heterocycles. The van der Waals surface area contributed by atoms with Crippen LogP contribution in [0.5, 0.6) is 0 Å². The van der Waals surface area contributed by atoms with Gasteiger partial charge in [0.1, 0.15) is 0 Å². The summed E-state index contributed by atoms with van der Waals surface area (Å²) in [6.45, 7) is 12.2. The average molecular weight is 1290 g/mol. The van der Waals surface area contributed by atoms with Crippen LogP contribution in [0.15, 0.2) is 321 Å². The van der Waals surface area contributed by atoms with Crippen molar-refractivity contribution in [3.05, 3.63) is 376 Å². The molecule has 470 valence electrons. The first-order chi connectivity index (χ1) is 62.0. The molecule has 98 heavy (non-hydrogen) atoms. The van der Waals surface area contributed by atoms with E-state index in [-0.39, 0.29) is 61.5 Å². The van der Waals surface area contributed by atoms with Crippen molar-refractivity contribution in [3.8, 4) is 61.3 Å². The number of hydrogen-bond donors (Lipinski definition) is 0.